The number of rotatable bonds is 7. The monoisotopic (exact) mass is 375 g/mol. The van der Waals surface area contributed by atoms with Gasteiger partial charge in [-0.25, -0.2) is 9.78 Å². The van der Waals surface area contributed by atoms with Crippen LogP contribution in [0.4, 0.5) is 10.5 Å². The second-order valence-electron chi connectivity index (χ2n) is 6.34. The van der Waals surface area contributed by atoms with Crippen molar-refractivity contribution in [2.75, 3.05) is 38.7 Å². The number of thiazole rings is 1. The van der Waals surface area contributed by atoms with E-state index >= 15 is 0 Å². The molecule has 0 unspecified atom stereocenters. The summed E-state index contributed by atoms with van der Waals surface area (Å²) in [6.45, 7) is 4.38. The topological polar surface area (TPSA) is 63.7 Å². The minimum absolute atomic E-state index is 0.113. The van der Waals surface area contributed by atoms with Gasteiger partial charge in [0.1, 0.15) is 0 Å². The van der Waals surface area contributed by atoms with Crippen LogP contribution >= 0.6 is 11.3 Å². The molecule has 1 N–H and O–H groups in total. The number of hydrogen-bond donors (Lipinski definition) is 1. The lowest BCUT2D eigenvalue weighted by Gasteiger charge is -2.25. The Hall–Kier alpha value is -1.96. The van der Waals surface area contributed by atoms with Gasteiger partial charge >= 0.3 is 6.03 Å². The first kappa shape index (κ1) is 18.8. The summed E-state index contributed by atoms with van der Waals surface area (Å²) >= 11 is 1.62. The zero-order chi connectivity index (χ0) is 18.4. The van der Waals surface area contributed by atoms with E-state index in [2.05, 4.69) is 10.3 Å². The van der Waals surface area contributed by atoms with Gasteiger partial charge in [0.2, 0.25) is 0 Å². The molecule has 1 aliphatic heterocycles. The third kappa shape index (κ3) is 5.03. The lowest BCUT2D eigenvalue weighted by Crippen LogP contribution is -2.42. The van der Waals surface area contributed by atoms with Crippen molar-refractivity contribution < 1.29 is 14.3 Å². The highest BCUT2D eigenvalue weighted by Crippen LogP contribution is 2.24. The van der Waals surface area contributed by atoms with Crippen molar-refractivity contribution >= 4 is 23.1 Å². The molecule has 0 aliphatic carbocycles. The molecular weight excluding hydrogens is 350 g/mol. The second-order valence-corrected chi connectivity index (χ2v) is 7.40. The van der Waals surface area contributed by atoms with Crippen LogP contribution in [0.1, 0.15) is 17.8 Å². The summed E-state index contributed by atoms with van der Waals surface area (Å²) < 4.78 is 10.8. The van der Waals surface area contributed by atoms with E-state index in [4.69, 9.17) is 9.47 Å². The van der Waals surface area contributed by atoms with E-state index in [0.717, 1.165) is 41.4 Å². The molecule has 7 heteroatoms. The molecule has 1 aromatic carbocycles. The zero-order valence-electron chi connectivity index (χ0n) is 15.2. The maximum atomic E-state index is 12.7. The quantitative estimate of drug-likeness (QED) is 0.800. The number of carbonyl (C=O) groups excluding carboxylic acids is 1. The van der Waals surface area contributed by atoms with Gasteiger partial charge in [-0.05, 0) is 31.9 Å². The predicted molar refractivity (Wildman–Crippen MR) is 104 cm³/mol. The Morgan fingerprint density at radius 1 is 1.50 bits per heavy atom. The molecule has 1 fully saturated rings. The number of nitrogens with one attached hydrogen (secondary N) is 1. The maximum Gasteiger partial charge on any atom is 0.322 e. The summed E-state index contributed by atoms with van der Waals surface area (Å²) in [6.07, 6.45) is 2.16. The van der Waals surface area contributed by atoms with Crippen molar-refractivity contribution in [2.45, 2.75) is 25.9 Å². The van der Waals surface area contributed by atoms with Crippen LogP contribution in [0.15, 0.2) is 29.6 Å². The summed E-state index contributed by atoms with van der Waals surface area (Å²) in [5.74, 6) is 0. The minimum Gasteiger partial charge on any atom is -0.383 e. The Morgan fingerprint density at radius 3 is 3.08 bits per heavy atom. The van der Waals surface area contributed by atoms with Crippen LogP contribution in [0.3, 0.4) is 0 Å². The summed E-state index contributed by atoms with van der Waals surface area (Å²) in [5, 5.41) is 6.04. The van der Waals surface area contributed by atoms with Crippen LogP contribution in [0.2, 0.25) is 0 Å². The summed E-state index contributed by atoms with van der Waals surface area (Å²) in [7, 11) is 1.64. The number of nitrogens with zero attached hydrogens (tertiary/aromatic N) is 2. The van der Waals surface area contributed by atoms with Crippen LogP contribution < -0.4 is 5.32 Å². The molecule has 0 radical (unpaired) electrons. The number of hydrogen-bond acceptors (Lipinski definition) is 5. The number of ether oxygens (including phenoxy) is 2. The molecule has 1 atom stereocenters. The molecule has 3 rings (SSSR count). The van der Waals surface area contributed by atoms with Crippen molar-refractivity contribution in [3.8, 4) is 11.3 Å². The van der Waals surface area contributed by atoms with Gasteiger partial charge in [0.25, 0.3) is 0 Å². The van der Waals surface area contributed by atoms with Gasteiger partial charge in [0.15, 0.2) is 0 Å². The van der Waals surface area contributed by atoms with E-state index in [1.807, 2.05) is 36.6 Å². The van der Waals surface area contributed by atoms with Crippen molar-refractivity contribution in [1.29, 1.82) is 0 Å². The molecule has 0 spiro atoms. The smallest absolute Gasteiger partial charge is 0.322 e. The van der Waals surface area contributed by atoms with Crippen LogP contribution in [-0.2, 0) is 9.47 Å². The van der Waals surface area contributed by atoms with E-state index in [-0.39, 0.29) is 12.1 Å². The number of methoxy groups -OCH3 is 1. The molecule has 140 valence electrons. The molecule has 2 heterocycles. The zero-order valence-corrected chi connectivity index (χ0v) is 16.1. The number of anilines is 1. The fourth-order valence-corrected chi connectivity index (χ4v) is 3.59. The highest BCUT2D eigenvalue weighted by atomic mass is 32.1. The Bertz CT molecular complexity index is 728. The van der Waals surface area contributed by atoms with Crippen molar-refractivity contribution in [2.24, 2.45) is 0 Å². The summed E-state index contributed by atoms with van der Waals surface area (Å²) in [4.78, 5) is 19.0. The molecule has 1 saturated heterocycles. The largest absolute Gasteiger partial charge is 0.383 e. The second kappa shape index (κ2) is 9.12. The van der Waals surface area contributed by atoms with E-state index in [9.17, 15) is 4.79 Å². The van der Waals surface area contributed by atoms with E-state index < -0.39 is 0 Å². The van der Waals surface area contributed by atoms with E-state index in [0.29, 0.717) is 19.7 Å². The molecule has 6 nitrogen and oxygen atoms in total. The average Bonchev–Trinajstić information content (AvgIpc) is 3.30. The SMILES string of the molecule is COCCN(C[C@@H]1CCCO1)C(=O)Nc1cccc(-c2csc(C)n2)c1. The average molecular weight is 375 g/mol. The Morgan fingerprint density at radius 2 is 2.38 bits per heavy atom. The van der Waals surface area contributed by atoms with Crippen LogP contribution in [0, 0.1) is 6.92 Å². The molecule has 1 aliphatic rings. The third-order valence-corrected chi connectivity index (χ3v) is 5.10. The molecule has 1 aromatic heterocycles. The Kier molecular flexibility index (Phi) is 6.60. The Labute approximate surface area is 158 Å². The lowest BCUT2D eigenvalue weighted by molar-refractivity contribution is 0.0747. The fraction of sp³-hybridized carbons (Fsp3) is 0.474. The highest BCUT2D eigenvalue weighted by molar-refractivity contribution is 7.09. The number of aryl methyl sites for hydroxylation is 1. The first-order valence-corrected chi connectivity index (χ1v) is 9.72. The number of aromatic nitrogens is 1. The number of carbonyl (C=O) groups is 1. The first-order valence-electron chi connectivity index (χ1n) is 8.85. The normalized spacial score (nSPS) is 16.6. The van der Waals surface area contributed by atoms with Crippen LogP contribution in [0.25, 0.3) is 11.3 Å². The van der Waals surface area contributed by atoms with Gasteiger partial charge < -0.3 is 19.7 Å². The standard InChI is InChI=1S/C19H25N3O3S/c1-14-20-18(13-26-14)15-5-3-6-16(11-15)21-19(23)22(8-10-24-2)12-17-7-4-9-25-17/h3,5-6,11,13,17H,4,7-10,12H2,1-2H3,(H,21,23)/t17-/m0/s1. The summed E-state index contributed by atoms with van der Waals surface area (Å²) in [5.41, 5.74) is 2.68. The number of amides is 2. The van der Waals surface area contributed by atoms with Crippen LogP contribution in [0.5, 0.6) is 0 Å². The molecule has 0 saturated carbocycles. The molecule has 2 aromatic rings. The highest BCUT2D eigenvalue weighted by Gasteiger charge is 2.22. The minimum atomic E-state index is -0.135. The van der Waals surface area contributed by atoms with Gasteiger partial charge in [-0.1, -0.05) is 12.1 Å². The van der Waals surface area contributed by atoms with E-state index in [1.54, 1.807) is 23.3 Å². The number of benzene rings is 1. The van der Waals surface area contributed by atoms with Gasteiger partial charge in [-0.15, -0.1) is 11.3 Å². The molecular formula is C19H25N3O3S. The Balaban J connectivity index is 1.67. The lowest BCUT2D eigenvalue weighted by atomic mass is 10.1. The number of urea groups is 1. The van der Waals surface area contributed by atoms with Gasteiger partial charge in [-0.3, -0.25) is 0 Å². The molecule has 0 bridgehead atoms. The third-order valence-electron chi connectivity index (χ3n) is 4.33. The van der Waals surface area contributed by atoms with Crippen molar-refractivity contribution in [3.05, 3.63) is 34.7 Å². The fourth-order valence-electron chi connectivity index (χ4n) is 2.97. The van der Waals surface area contributed by atoms with Crippen LogP contribution in [-0.4, -0.2) is 55.4 Å². The summed E-state index contributed by atoms with van der Waals surface area (Å²) in [6, 6.07) is 7.64. The van der Waals surface area contributed by atoms with Gasteiger partial charge in [0, 0.05) is 43.4 Å². The maximum absolute atomic E-state index is 12.7. The molecule has 26 heavy (non-hydrogen) atoms. The van der Waals surface area contributed by atoms with Gasteiger partial charge in [0.05, 0.1) is 23.4 Å². The predicted octanol–water partition coefficient (Wildman–Crippen LogP) is 3.78. The van der Waals surface area contributed by atoms with Crippen molar-refractivity contribution in [3.63, 3.8) is 0 Å². The first-order chi connectivity index (χ1) is 12.7. The van der Waals surface area contributed by atoms with Crippen molar-refractivity contribution in [1.82, 2.24) is 9.88 Å². The molecule has 2 amide bonds. The van der Waals surface area contributed by atoms with E-state index in [1.165, 1.54) is 0 Å². The van der Waals surface area contributed by atoms with Gasteiger partial charge in [-0.2, -0.15) is 0 Å².